The zero-order valence-corrected chi connectivity index (χ0v) is 26.0. The van der Waals surface area contributed by atoms with Gasteiger partial charge in [0, 0.05) is 5.56 Å². The number of rotatable bonds is 9. The van der Waals surface area contributed by atoms with E-state index in [0.717, 1.165) is 22.9 Å². The van der Waals surface area contributed by atoms with Crippen LogP contribution in [-0.2, 0) is 15.4 Å². The van der Waals surface area contributed by atoms with Crippen molar-refractivity contribution in [1.82, 2.24) is 20.3 Å². The Labute approximate surface area is 251 Å². The Morgan fingerprint density at radius 3 is 2.28 bits per heavy atom. The van der Waals surface area contributed by atoms with Crippen molar-refractivity contribution in [2.75, 3.05) is 23.4 Å². The zero-order chi connectivity index (χ0) is 31.5. The highest BCUT2D eigenvalue weighted by atomic mass is 32.2. The van der Waals surface area contributed by atoms with Gasteiger partial charge in [-0.05, 0) is 60.2 Å². The number of anilines is 2. The van der Waals surface area contributed by atoms with Gasteiger partial charge in [0.1, 0.15) is 0 Å². The summed E-state index contributed by atoms with van der Waals surface area (Å²) in [5.41, 5.74) is 3.71. The summed E-state index contributed by atoms with van der Waals surface area (Å²) in [4.78, 5) is 26.4. The predicted octanol–water partition coefficient (Wildman–Crippen LogP) is 5.00. The average molecular weight is 605 g/mol. The van der Waals surface area contributed by atoms with Crippen molar-refractivity contribution in [3.05, 3.63) is 94.8 Å². The van der Waals surface area contributed by atoms with Gasteiger partial charge in [-0.15, -0.1) is 5.10 Å². The molecule has 0 radical (unpaired) electrons. The fraction of sp³-hybridized carbons (Fsp3) is 0.290. The van der Waals surface area contributed by atoms with Crippen LogP contribution in [0, 0.1) is 6.92 Å². The summed E-state index contributed by atoms with van der Waals surface area (Å²) in [5, 5.41) is 14.0. The molecule has 0 spiro atoms. The summed E-state index contributed by atoms with van der Waals surface area (Å²) in [6.45, 7) is 9.68. The van der Waals surface area contributed by atoms with Gasteiger partial charge in [0.15, 0.2) is 11.4 Å². The number of benzene rings is 3. The smallest absolute Gasteiger partial charge is 0.273 e. The van der Waals surface area contributed by atoms with Crippen molar-refractivity contribution in [1.29, 1.82) is 0 Å². The predicted molar refractivity (Wildman–Crippen MR) is 167 cm³/mol. The van der Waals surface area contributed by atoms with Crippen molar-refractivity contribution >= 4 is 33.2 Å². The van der Waals surface area contributed by atoms with Gasteiger partial charge < -0.3 is 15.4 Å². The van der Waals surface area contributed by atoms with E-state index in [1.54, 1.807) is 30.3 Å². The van der Waals surface area contributed by atoms with Crippen LogP contribution in [0.5, 0.6) is 5.75 Å². The van der Waals surface area contributed by atoms with E-state index < -0.39 is 15.9 Å². The number of ether oxygens (including phenoxy) is 1. The third-order valence-electron chi connectivity index (χ3n) is 6.79. The molecular formula is C31H36N6O5S. The van der Waals surface area contributed by atoms with E-state index in [2.05, 4.69) is 25.7 Å². The third kappa shape index (κ3) is 7.58. The van der Waals surface area contributed by atoms with Crippen LogP contribution in [0.25, 0.3) is 5.69 Å². The highest BCUT2D eigenvalue weighted by Crippen LogP contribution is 2.39. The molecule has 0 aliphatic rings. The lowest BCUT2D eigenvalue weighted by Crippen LogP contribution is -2.26. The van der Waals surface area contributed by atoms with Gasteiger partial charge >= 0.3 is 0 Å². The summed E-state index contributed by atoms with van der Waals surface area (Å²) in [5.74, 6) is -0.653. The van der Waals surface area contributed by atoms with Crippen LogP contribution in [0.1, 0.15) is 71.3 Å². The van der Waals surface area contributed by atoms with E-state index in [9.17, 15) is 18.0 Å². The van der Waals surface area contributed by atoms with E-state index in [0.29, 0.717) is 16.9 Å². The Morgan fingerprint density at radius 1 is 0.977 bits per heavy atom. The van der Waals surface area contributed by atoms with Gasteiger partial charge in [-0.3, -0.25) is 14.3 Å². The molecule has 0 aliphatic heterocycles. The number of amides is 2. The van der Waals surface area contributed by atoms with Gasteiger partial charge in [0.05, 0.1) is 42.7 Å². The molecule has 0 fully saturated rings. The number of carbonyl (C=O) groups is 2. The SMILES string of the molecule is COc1c(NC(=O)c2ccc(C)c(-n3cc(C(=O)N[C@@H](C)c4ccccc4)nn3)c2)cc(C(C)(C)C)cc1NS(C)(=O)=O. The maximum absolute atomic E-state index is 13.5. The van der Waals surface area contributed by atoms with Crippen LogP contribution in [0.15, 0.2) is 66.9 Å². The lowest BCUT2D eigenvalue weighted by molar-refractivity contribution is 0.0934. The second-order valence-electron chi connectivity index (χ2n) is 11.3. The third-order valence-corrected chi connectivity index (χ3v) is 7.38. The Hall–Kier alpha value is -4.71. The summed E-state index contributed by atoms with van der Waals surface area (Å²) < 4.78 is 33.6. The summed E-state index contributed by atoms with van der Waals surface area (Å²) in [6.07, 6.45) is 2.56. The van der Waals surface area contributed by atoms with Crippen molar-refractivity contribution in [2.45, 2.75) is 46.1 Å². The summed E-state index contributed by atoms with van der Waals surface area (Å²) in [6, 6.07) is 17.9. The van der Waals surface area contributed by atoms with Crippen LogP contribution in [0.2, 0.25) is 0 Å². The van der Waals surface area contributed by atoms with Gasteiger partial charge in [-0.2, -0.15) is 0 Å². The molecule has 0 aliphatic carbocycles. The first-order chi connectivity index (χ1) is 20.2. The van der Waals surface area contributed by atoms with E-state index in [4.69, 9.17) is 4.74 Å². The minimum absolute atomic E-state index is 0.131. The molecule has 0 unspecified atom stereocenters. The molecule has 4 rings (SSSR count). The van der Waals surface area contributed by atoms with Crippen molar-refractivity contribution in [3.63, 3.8) is 0 Å². The summed E-state index contributed by atoms with van der Waals surface area (Å²) >= 11 is 0. The molecule has 1 aromatic heterocycles. The summed E-state index contributed by atoms with van der Waals surface area (Å²) in [7, 11) is -2.22. The maximum Gasteiger partial charge on any atom is 0.273 e. The van der Waals surface area contributed by atoms with Gasteiger partial charge in [-0.1, -0.05) is 62.4 Å². The monoisotopic (exact) mass is 604 g/mol. The van der Waals surface area contributed by atoms with Crippen molar-refractivity contribution in [3.8, 4) is 11.4 Å². The quantitative estimate of drug-likeness (QED) is 0.244. The Morgan fingerprint density at radius 2 is 1.65 bits per heavy atom. The van der Waals surface area contributed by atoms with Gasteiger partial charge in [0.2, 0.25) is 10.0 Å². The molecular weight excluding hydrogens is 568 g/mol. The van der Waals surface area contributed by atoms with E-state index >= 15 is 0 Å². The van der Waals surface area contributed by atoms with E-state index in [1.165, 1.54) is 18.0 Å². The maximum atomic E-state index is 13.5. The van der Waals surface area contributed by atoms with E-state index in [-0.39, 0.29) is 34.5 Å². The number of sulfonamides is 1. The molecule has 1 atom stereocenters. The molecule has 11 nitrogen and oxygen atoms in total. The van der Waals surface area contributed by atoms with Crippen LogP contribution < -0.4 is 20.1 Å². The first-order valence-corrected chi connectivity index (χ1v) is 15.5. The first-order valence-electron chi connectivity index (χ1n) is 13.6. The number of nitrogens with one attached hydrogen (secondary N) is 3. The number of hydrogen-bond acceptors (Lipinski definition) is 7. The number of aromatic nitrogens is 3. The van der Waals surface area contributed by atoms with Crippen molar-refractivity contribution in [2.24, 2.45) is 0 Å². The molecule has 3 aromatic carbocycles. The number of hydrogen-bond donors (Lipinski definition) is 3. The van der Waals surface area contributed by atoms with Gasteiger partial charge in [0.25, 0.3) is 11.8 Å². The lowest BCUT2D eigenvalue weighted by Gasteiger charge is -2.24. The molecule has 12 heteroatoms. The highest BCUT2D eigenvalue weighted by Gasteiger charge is 2.23. The Balaban J connectivity index is 1.61. The minimum Gasteiger partial charge on any atom is -0.492 e. The van der Waals surface area contributed by atoms with Crippen LogP contribution >= 0.6 is 0 Å². The first kappa shape index (κ1) is 31.2. The Bertz CT molecular complexity index is 1760. The van der Waals surface area contributed by atoms with Crippen LogP contribution in [-0.4, -0.2) is 48.6 Å². The molecule has 0 saturated carbocycles. The molecule has 0 bridgehead atoms. The molecule has 4 aromatic rings. The molecule has 43 heavy (non-hydrogen) atoms. The molecule has 1 heterocycles. The molecule has 226 valence electrons. The number of nitrogens with zero attached hydrogens (tertiary/aromatic N) is 3. The topological polar surface area (TPSA) is 144 Å². The lowest BCUT2D eigenvalue weighted by atomic mass is 9.86. The van der Waals surface area contributed by atoms with Crippen LogP contribution in [0.4, 0.5) is 11.4 Å². The molecule has 2 amide bonds. The number of aryl methyl sites for hydroxylation is 1. The van der Waals surface area contributed by atoms with Gasteiger partial charge in [-0.25, -0.2) is 13.1 Å². The standard InChI is InChI=1S/C31H36N6O5S/c1-19-13-14-22(15-27(19)37-18-26(34-36-37)30(39)32-20(2)21-11-9-8-10-12-21)29(38)33-24-16-23(31(3,4)5)17-25(28(24)42-6)35-43(7,40)41/h8-18,20,35H,1-7H3,(H,32,39)(H,33,38)/t20-/m0/s1. The highest BCUT2D eigenvalue weighted by molar-refractivity contribution is 7.92. The Kier molecular flexibility index (Phi) is 8.90. The molecule has 3 N–H and O–H groups in total. The second-order valence-corrected chi connectivity index (χ2v) is 13.1. The normalized spacial score (nSPS) is 12.3. The largest absolute Gasteiger partial charge is 0.492 e. The minimum atomic E-state index is -3.62. The number of methoxy groups -OCH3 is 1. The van der Waals surface area contributed by atoms with E-state index in [1.807, 2.05) is 65.0 Å². The zero-order valence-electron chi connectivity index (χ0n) is 25.2. The second kappa shape index (κ2) is 12.3. The average Bonchev–Trinajstić information content (AvgIpc) is 3.42. The fourth-order valence-corrected chi connectivity index (χ4v) is 4.97. The number of carbonyl (C=O) groups excluding carboxylic acids is 2. The molecule has 0 saturated heterocycles. The van der Waals surface area contributed by atoms with Crippen molar-refractivity contribution < 1.29 is 22.7 Å². The fourth-order valence-electron chi connectivity index (χ4n) is 4.42. The van der Waals surface area contributed by atoms with Crippen LogP contribution in [0.3, 0.4) is 0 Å².